The second kappa shape index (κ2) is 6.12. The van der Waals surface area contributed by atoms with E-state index in [1.807, 2.05) is 31.2 Å². The molecular formula is C12H18N2O2. The lowest BCUT2D eigenvalue weighted by Crippen LogP contribution is -2.33. The van der Waals surface area contributed by atoms with Crippen molar-refractivity contribution in [2.24, 2.45) is 5.84 Å². The van der Waals surface area contributed by atoms with Crippen LogP contribution in [0.2, 0.25) is 0 Å². The van der Waals surface area contributed by atoms with Crippen molar-refractivity contribution >= 4 is 5.91 Å². The first-order chi connectivity index (χ1) is 7.59. The van der Waals surface area contributed by atoms with Crippen LogP contribution < -0.4 is 10.6 Å². The number of nitrogens with two attached hydrogens (primary N) is 1. The van der Waals surface area contributed by atoms with Crippen molar-refractivity contribution in [3.8, 4) is 5.75 Å². The first-order valence-corrected chi connectivity index (χ1v) is 5.30. The van der Waals surface area contributed by atoms with Gasteiger partial charge >= 0.3 is 0 Å². The minimum atomic E-state index is -0.0761. The molecule has 2 N–H and O–H groups in total. The highest BCUT2D eigenvalue weighted by atomic mass is 16.5. The van der Waals surface area contributed by atoms with E-state index in [-0.39, 0.29) is 5.91 Å². The molecule has 4 heteroatoms. The van der Waals surface area contributed by atoms with Gasteiger partial charge in [0.25, 0.3) is 0 Å². The number of benzene rings is 1. The van der Waals surface area contributed by atoms with Crippen LogP contribution in [0.3, 0.4) is 0 Å². The molecule has 0 atom stereocenters. The number of nitrogens with zero attached hydrogens (tertiary/aromatic N) is 1. The Labute approximate surface area is 96.0 Å². The zero-order chi connectivity index (χ0) is 12.0. The third-order valence-electron chi connectivity index (χ3n) is 2.19. The van der Waals surface area contributed by atoms with Crippen LogP contribution in [-0.2, 0) is 4.79 Å². The van der Waals surface area contributed by atoms with Crippen molar-refractivity contribution in [3.63, 3.8) is 0 Å². The Morgan fingerprint density at radius 2 is 2.25 bits per heavy atom. The highest BCUT2D eigenvalue weighted by Crippen LogP contribution is 2.12. The Balaban J connectivity index is 2.23. The fourth-order valence-electron chi connectivity index (χ4n) is 1.29. The predicted molar refractivity (Wildman–Crippen MR) is 62.9 cm³/mol. The van der Waals surface area contributed by atoms with Crippen molar-refractivity contribution in [1.29, 1.82) is 0 Å². The standard InChI is InChI=1S/C12H18N2O2/c1-10-5-3-6-11(9-10)16-8-4-7-12(15)14(2)13/h3,5-6,9H,4,7-8,13H2,1-2H3. The molecule has 0 aliphatic carbocycles. The average molecular weight is 222 g/mol. The third-order valence-corrected chi connectivity index (χ3v) is 2.19. The molecule has 0 unspecified atom stereocenters. The molecule has 0 bridgehead atoms. The summed E-state index contributed by atoms with van der Waals surface area (Å²) in [5.41, 5.74) is 1.16. The average Bonchev–Trinajstić information content (AvgIpc) is 2.24. The Morgan fingerprint density at radius 3 is 2.88 bits per heavy atom. The van der Waals surface area contributed by atoms with Crippen LogP contribution >= 0.6 is 0 Å². The maximum Gasteiger partial charge on any atom is 0.236 e. The van der Waals surface area contributed by atoms with Gasteiger partial charge in [0.1, 0.15) is 5.75 Å². The third kappa shape index (κ3) is 4.31. The summed E-state index contributed by atoms with van der Waals surface area (Å²) in [6.45, 7) is 2.54. The maximum atomic E-state index is 11.2. The molecule has 0 heterocycles. The first-order valence-electron chi connectivity index (χ1n) is 5.30. The van der Waals surface area contributed by atoms with Crippen LogP contribution in [0.15, 0.2) is 24.3 Å². The summed E-state index contributed by atoms with van der Waals surface area (Å²) >= 11 is 0. The van der Waals surface area contributed by atoms with Gasteiger partial charge in [0, 0.05) is 13.5 Å². The van der Waals surface area contributed by atoms with E-state index in [4.69, 9.17) is 10.6 Å². The van der Waals surface area contributed by atoms with Gasteiger partial charge < -0.3 is 4.74 Å². The van der Waals surface area contributed by atoms with Gasteiger partial charge in [-0.05, 0) is 31.0 Å². The lowest BCUT2D eigenvalue weighted by atomic mass is 10.2. The molecular weight excluding hydrogens is 204 g/mol. The molecule has 0 fully saturated rings. The van der Waals surface area contributed by atoms with E-state index in [9.17, 15) is 4.79 Å². The summed E-state index contributed by atoms with van der Waals surface area (Å²) in [6, 6.07) is 7.84. The summed E-state index contributed by atoms with van der Waals surface area (Å²) in [5.74, 6) is 6.06. The molecule has 1 aromatic rings. The number of amides is 1. The van der Waals surface area contributed by atoms with Crippen LogP contribution in [0.25, 0.3) is 0 Å². The molecule has 0 radical (unpaired) electrons. The molecule has 0 saturated carbocycles. The van der Waals surface area contributed by atoms with Crippen LogP contribution in [0.4, 0.5) is 0 Å². The highest BCUT2D eigenvalue weighted by Gasteiger charge is 2.03. The molecule has 1 amide bonds. The number of hydrogen-bond acceptors (Lipinski definition) is 3. The van der Waals surface area contributed by atoms with Crippen molar-refractivity contribution in [3.05, 3.63) is 29.8 Å². The second-order valence-electron chi connectivity index (χ2n) is 3.77. The molecule has 1 rings (SSSR count). The van der Waals surface area contributed by atoms with Gasteiger partial charge in [-0.15, -0.1) is 0 Å². The molecule has 0 saturated heterocycles. The van der Waals surface area contributed by atoms with Gasteiger partial charge in [-0.3, -0.25) is 9.80 Å². The number of carbonyl (C=O) groups excluding carboxylic acids is 1. The Morgan fingerprint density at radius 1 is 1.50 bits per heavy atom. The van der Waals surface area contributed by atoms with Crippen LogP contribution in [-0.4, -0.2) is 24.6 Å². The fourth-order valence-corrected chi connectivity index (χ4v) is 1.29. The van der Waals surface area contributed by atoms with Gasteiger partial charge in [-0.1, -0.05) is 12.1 Å². The topological polar surface area (TPSA) is 55.6 Å². The summed E-state index contributed by atoms with van der Waals surface area (Å²) in [6.07, 6.45) is 1.09. The fraction of sp³-hybridized carbons (Fsp3) is 0.417. The zero-order valence-electron chi connectivity index (χ0n) is 9.77. The Kier molecular flexibility index (Phi) is 4.79. The van der Waals surface area contributed by atoms with Gasteiger partial charge in [0.15, 0.2) is 0 Å². The lowest BCUT2D eigenvalue weighted by molar-refractivity contribution is -0.130. The Bertz CT molecular complexity index is 351. The minimum Gasteiger partial charge on any atom is -0.494 e. The van der Waals surface area contributed by atoms with Crippen molar-refractivity contribution in [2.75, 3.05) is 13.7 Å². The Hall–Kier alpha value is -1.55. The second-order valence-corrected chi connectivity index (χ2v) is 3.77. The molecule has 0 aliphatic rings. The van der Waals surface area contributed by atoms with E-state index in [0.29, 0.717) is 19.4 Å². The number of hydrazine groups is 1. The number of hydrogen-bond donors (Lipinski definition) is 1. The number of carbonyl (C=O) groups is 1. The van der Waals surface area contributed by atoms with E-state index >= 15 is 0 Å². The smallest absolute Gasteiger partial charge is 0.236 e. The number of rotatable bonds is 5. The molecule has 16 heavy (non-hydrogen) atoms. The maximum absolute atomic E-state index is 11.2. The summed E-state index contributed by atoms with van der Waals surface area (Å²) < 4.78 is 5.51. The minimum absolute atomic E-state index is 0.0761. The largest absolute Gasteiger partial charge is 0.494 e. The summed E-state index contributed by atoms with van der Waals surface area (Å²) in [5, 5.41) is 1.10. The van der Waals surface area contributed by atoms with Crippen molar-refractivity contribution in [2.45, 2.75) is 19.8 Å². The molecule has 0 aliphatic heterocycles. The van der Waals surface area contributed by atoms with Crippen molar-refractivity contribution < 1.29 is 9.53 Å². The van der Waals surface area contributed by atoms with E-state index in [1.165, 1.54) is 0 Å². The van der Waals surface area contributed by atoms with Crippen LogP contribution in [0.5, 0.6) is 5.75 Å². The van der Waals surface area contributed by atoms with Crippen molar-refractivity contribution in [1.82, 2.24) is 5.01 Å². The monoisotopic (exact) mass is 222 g/mol. The molecule has 0 aromatic heterocycles. The van der Waals surface area contributed by atoms with Crippen LogP contribution in [0, 0.1) is 6.92 Å². The zero-order valence-corrected chi connectivity index (χ0v) is 9.77. The number of ether oxygens (including phenoxy) is 1. The molecule has 88 valence electrons. The van der Waals surface area contributed by atoms with Gasteiger partial charge in [0.05, 0.1) is 6.61 Å². The summed E-state index contributed by atoms with van der Waals surface area (Å²) in [4.78, 5) is 11.2. The van der Waals surface area contributed by atoms with E-state index in [1.54, 1.807) is 7.05 Å². The van der Waals surface area contributed by atoms with E-state index in [0.717, 1.165) is 16.3 Å². The van der Waals surface area contributed by atoms with E-state index in [2.05, 4.69) is 0 Å². The van der Waals surface area contributed by atoms with Gasteiger partial charge in [-0.25, -0.2) is 5.84 Å². The molecule has 0 spiro atoms. The molecule has 1 aromatic carbocycles. The number of aryl methyl sites for hydroxylation is 1. The quantitative estimate of drug-likeness (QED) is 0.355. The van der Waals surface area contributed by atoms with Crippen LogP contribution in [0.1, 0.15) is 18.4 Å². The lowest BCUT2D eigenvalue weighted by Gasteiger charge is -2.10. The first kappa shape index (κ1) is 12.5. The van der Waals surface area contributed by atoms with Gasteiger partial charge in [-0.2, -0.15) is 0 Å². The van der Waals surface area contributed by atoms with Gasteiger partial charge in [0.2, 0.25) is 5.91 Å². The summed E-state index contributed by atoms with van der Waals surface area (Å²) in [7, 11) is 1.55. The highest BCUT2D eigenvalue weighted by molar-refractivity contribution is 5.75. The molecule has 4 nitrogen and oxygen atoms in total. The SMILES string of the molecule is Cc1cccc(OCCCC(=O)N(C)N)c1. The van der Waals surface area contributed by atoms with E-state index < -0.39 is 0 Å². The normalized spacial score (nSPS) is 9.94. The predicted octanol–water partition coefficient (Wildman–Crippen LogP) is 1.49.